The minimum atomic E-state index is -1.27. The highest BCUT2D eigenvalue weighted by Crippen LogP contribution is 2.41. The summed E-state index contributed by atoms with van der Waals surface area (Å²) < 4.78 is 10.7. The van der Waals surface area contributed by atoms with Crippen LogP contribution in [0, 0.1) is 0 Å². The van der Waals surface area contributed by atoms with E-state index >= 15 is 0 Å². The fourth-order valence-electron chi connectivity index (χ4n) is 4.00. The number of fused-ring (bicyclic) bond motifs is 1. The van der Waals surface area contributed by atoms with E-state index in [1.54, 1.807) is 25.5 Å². The highest BCUT2D eigenvalue weighted by atomic mass is 32.2. The number of hydrogen-bond acceptors (Lipinski definition) is 16. The predicted molar refractivity (Wildman–Crippen MR) is 164 cm³/mol. The second-order valence-corrected chi connectivity index (χ2v) is 13.2. The number of carboxylic acids is 1. The number of alkyl carbamates (subject to hydrolysis) is 1. The number of hydrogen-bond donors (Lipinski definition) is 4. The summed E-state index contributed by atoms with van der Waals surface area (Å²) in [6.07, 6.45) is 1.42. The summed E-state index contributed by atoms with van der Waals surface area (Å²) in [5.74, 6) is -2.25. The molecule has 21 heteroatoms. The standard InChI is InChI=1S/C24H31N11O7S3/c1-5-9-41-30-13(16-28-21(25)45-31-16)17(36)27-14-18(37)35-15(20(38)39)12(10-43-19(14)35)11-44-22-29-32-33-34(22)8-6-7-26-23(40)42-24(2,3)4/h5,14,19H,1,6-11H2,2-4H3,(H,26,40)(H,27,36)(H,38,39)(H2,25,28,31)/t14?,19-/m0/s1. The molecule has 0 spiro atoms. The first-order valence-corrected chi connectivity index (χ1v) is 16.2. The van der Waals surface area contributed by atoms with Crippen LogP contribution in [0.2, 0.25) is 0 Å². The first kappa shape index (κ1) is 33.6. The van der Waals surface area contributed by atoms with E-state index in [4.69, 9.17) is 15.3 Å². The summed E-state index contributed by atoms with van der Waals surface area (Å²) in [7, 11) is 0. The number of thioether (sulfide) groups is 2. The number of carbonyl (C=O) groups excluding carboxylic acids is 3. The van der Waals surface area contributed by atoms with Crippen LogP contribution in [-0.2, 0) is 30.5 Å². The van der Waals surface area contributed by atoms with E-state index in [0.29, 0.717) is 30.2 Å². The SMILES string of the molecule is C=CCON=C(C(=O)NC1C(=O)N2C(C(=O)O)=C(CSc3nnnn3CCCNC(=O)OC(C)(C)C)CS[C@@H]12)c1nsc(N)n1. The lowest BCUT2D eigenvalue weighted by molar-refractivity contribution is -0.150. The van der Waals surface area contributed by atoms with Gasteiger partial charge in [0.2, 0.25) is 16.7 Å². The maximum atomic E-state index is 13.2. The second-order valence-electron chi connectivity index (χ2n) is 10.4. The third kappa shape index (κ3) is 8.48. The van der Waals surface area contributed by atoms with Crippen molar-refractivity contribution < 1.29 is 33.9 Å². The number of carboxylic acid groups (broad SMARTS) is 1. The van der Waals surface area contributed by atoms with Crippen molar-refractivity contribution in [3.05, 3.63) is 29.7 Å². The van der Waals surface area contributed by atoms with E-state index in [0.717, 1.165) is 16.4 Å². The molecule has 2 aromatic heterocycles. The van der Waals surface area contributed by atoms with Crippen molar-refractivity contribution in [2.75, 3.05) is 30.4 Å². The molecule has 2 atom stereocenters. The number of carbonyl (C=O) groups is 4. The number of tetrazole rings is 1. The Morgan fingerprint density at radius 2 is 2.11 bits per heavy atom. The van der Waals surface area contributed by atoms with Crippen molar-refractivity contribution in [2.45, 2.75) is 55.9 Å². The first-order chi connectivity index (χ1) is 21.4. The Balaban J connectivity index is 1.37. The Bertz CT molecular complexity index is 1520. The maximum Gasteiger partial charge on any atom is 0.407 e. The van der Waals surface area contributed by atoms with Gasteiger partial charge in [-0.1, -0.05) is 29.6 Å². The van der Waals surface area contributed by atoms with E-state index < -0.39 is 40.9 Å². The van der Waals surface area contributed by atoms with Crippen molar-refractivity contribution in [2.24, 2.45) is 5.16 Å². The molecule has 4 heterocycles. The summed E-state index contributed by atoms with van der Waals surface area (Å²) in [6, 6.07) is -1.02. The number of aliphatic carboxylic acids is 1. The molecule has 2 aliphatic rings. The minimum absolute atomic E-state index is 0.0102. The van der Waals surface area contributed by atoms with Gasteiger partial charge in [-0.2, -0.15) is 9.36 Å². The van der Waals surface area contributed by atoms with Crippen molar-refractivity contribution in [3.8, 4) is 0 Å². The Morgan fingerprint density at radius 3 is 2.78 bits per heavy atom. The molecule has 0 aliphatic carbocycles. The summed E-state index contributed by atoms with van der Waals surface area (Å²) >= 11 is 3.38. The summed E-state index contributed by atoms with van der Waals surface area (Å²) in [4.78, 5) is 60.5. The average Bonchev–Trinajstić information content (AvgIpc) is 3.61. The molecule has 0 saturated carbocycles. The molecule has 45 heavy (non-hydrogen) atoms. The molecule has 4 rings (SSSR count). The molecule has 1 unspecified atom stereocenters. The lowest BCUT2D eigenvalue weighted by atomic mass is 10.0. The Hall–Kier alpha value is -4.24. The number of aromatic nitrogens is 6. The third-order valence-electron chi connectivity index (χ3n) is 5.84. The lowest BCUT2D eigenvalue weighted by Gasteiger charge is -2.49. The number of anilines is 1. The molecule has 2 aromatic rings. The maximum absolute atomic E-state index is 13.2. The smallest absolute Gasteiger partial charge is 0.407 e. The van der Waals surface area contributed by atoms with Gasteiger partial charge in [0.25, 0.3) is 11.8 Å². The van der Waals surface area contributed by atoms with E-state index in [1.807, 2.05) is 0 Å². The van der Waals surface area contributed by atoms with Crippen LogP contribution in [0.15, 0.2) is 34.2 Å². The van der Waals surface area contributed by atoms with Crippen molar-refractivity contribution >= 4 is 69.8 Å². The fraction of sp³-hybridized carbons (Fsp3) is 0.500. The van der Waals surface area contributed by atoms with Crippen LogP contribution in [0.3, 0.4) is 0 Å². The van der Waals surface area contributed by atoms with Gasteiger partial charge in [0.15, 0.2) is 5.13 Å². The molecule has 0 bridgehead atoms. The van der Waals surface area contributed by atoms with Crippen molar-refractivity contribution in [1.29, 1.82) is 0 Å². The van der Waals surface area contributed by atoms with Gasteiger partial charge < -0.3 is 31.0 Å². The number of aryl methyl sites for hydroxylation is 1. The monoisotopic (exact) mass is 681 g/mol. The second kappa shape index (κ2) is 14.7. The van der Waals surface area contributed by atoms with Gasteiger partial charge in [0.1, 0.15) is 29.3 Å². The Kier molecular flexibility index (Phi) is 11.0. The number of nitrogen functional groups attached to an aromatic ring is 1. The lowest BCUT2D eigenvalue weighted by Crippen LogP contribution is -2.71. The van der Waals surface area contributed by atoms with Gasteiger partial charge >= 0.3 is 12.1 Å². The topological polar surface area (TPSA) is 242 Å². The molecule has 242 valence electrons. The van der Waals surface area contributed by atoms with Crippen LogP contribution in [0.5, 0.6) is 0 Å². The zero-order valence-corrected chi connectivity index (χ0v) is 26.9. The first-order valence-electron chi connectivity index (χ1n) is 13.4. The molecule has 2 aliphatic heterocycles. The Morgan fingerprint density at radius 1 is 1.33 bits per heavy atom. The van der Waals surface area contributed by atoms with Crippen LogP contribution in [0.25, 0.3) is 0 Å². The van der Waals surface area contributed by atoms with Gasteiger partial charge in [-0.15, -0.1) is 16.9 Å². The average molecular weight is 682 g/mol. The fourth-order valence-corrected chi connectivity index (χ4v) is 6.82. The van der Waals surface area contributed by atoms with Gasteiger partial charge in [0, 0.05) is 36.1 Å². The van der Waals surface area contributed by atoms with E-state index in [2.05, 4.69) is 47.3 Å². The van der Waals surface area contributed by atoms with Crippen LogP contribution in [0.1, 0.15) is 33.0 Å². The number of nitrogens with two attached hydrogens (primary N) is 1. The number of nitrogens with one attached hydrogen (secondary N) is 2. The predicted octanol–water partition coefficient (Wildman–Crippen LogP) is 0.459. The number of ether oxygens (including phenoxy) is 1. The third-order valence-corrected chi connectivity index (χ3v) is 8.77. The number of amides is 3. The summed E-state index contributed by atoms with van der Waals surface area (Å²) in [6.45, 7) is 9.58. The molecule has 18 nitrogen and oxygen atoms in total. The van der Waals surface area contributed by atoms with E-state index in [1.165, 1.54) is 29.6 Å². The summed E-state index contributed by atoms with van der Waals surface area (Å²) in [5.41, 5.74) is 5.09. The number of oxime groups is 1. The zero-order chi connectivity index (χ0) is 32.7. The van der Waals surface area contributed by atoms with Gasteiger partial charge in [-0.25, -0.2) is 14.3 Å². The van der Waals surface area contributed by atoms with Crippen molar-refractivity contribution in [3.63, 3.8) is 0 Å². The largest absolute Gasteiger partial charge is 0.477 e. The normalized spacial score (nSPS) is 18.2. The Labute approximate surface area is 269 Å². The van der Waals surface area contributed by atoms with Crippen molar-refractivity contribution in [1.82, 2.24) is 45.1 Å². The van der Waals surface area contributed by atoms with Crippen LogP contribution in [-0.4, -0.2) is 111 Å². The van der Waals surface area contributed by atoms with Crippen LogP contribution >= 0.6 is 35.1 Å². The van der Waals surface area contributed by atoms with E-state index in [9.17, 15) is 24.3 Å². The number of nitrogens with zero attached hydrogens (tertiary/aromatic N) is 8. The molecule has 0 aromatic carbocycles. The molecule has 0 radical (unpaired) electrons. The van der Waals surface area contributed by atoms with Gasteiger partial charge in [-0.05, 0) is 43.2 Å². The molecular formula is C24H31N11O7S3. The van der Waals surface area contributed by atoms with Gasteiger partial charge in [0.05, 0.1) is 0 Å². The zero-order valence-electron chi connectivity index (χ0n) is 24.5. The highest BCUT2D eigenvalue weighted by Gasteiger charge is 2.54. The highest BCUT2D eigenvalue weighted by molar-refractivity contribution is 8.01. The number of rotatable bonds is 14. The quantitative estimate of drug-likeness (QED) is 0.0529. The molecule has 1 fully saturated rings. The van der Waals surface area contributed by atoms with Crippen LogP contribution in [0.4, 0.5) is 9.93 Å². The van der Waals surface area contributed by atoms with Crippen LogP contribution < -0.4 is 16.4 Å². The molecule has 5 N–H and O–H groups in total. The van der Waals surface area contributed by atoms with Gasteiger partial charge in [-0.3, -0.25) is 14.5 Å². The number of β-lactam (4-membered cyclic amide) rings is 1. The van der Waals surface area contributed by atoms with E-state index in [-0.39, 0.29) is 40.5 Å². The minimum Gasteiger partial charge on any atom is -0.477 e. The molecular weight excluding hydrogens is 651 g/mol. The summed E-state index contributed by atoms with van der Waals surface area (Å²) in [5, 5.41) is 30.6. The molecule has 1 saturated heterocycles. The molecule has 3 amide bonds.